The zero-order valence-corrected chi connectivity index (χ0v) is 18.5. The first-order valence-corrected chi connectivity index (χ1v) is 11.2. The van der Waals surface area contributed by atoms with E-state index in [4.69, 9.17) is 21.1 Å². The van der Waals surface area contributed by atoms with Gasteiger partial charge in [-0.15, -0.1) is 10.2 Å². The van der Waals surface area contributed by atoms with Gasteiger partial charge in [-0.2, -0.15) is 0 Å². The van der Waals surface area contributed by atoms with Crippen molar-refractivity contribution in [2.45, 2.75) is 30.6 Å². The molecule has 31 heavy (non-hydrogen) atoms. The Hall–Kier alpha value is -2.62. The molecule has 1 saturated heterocycles. The molecule has 2 aromatic heterocycles. The van der Waals surface area contributed by atoms with Gasteiger partial charge >= 0.3 is 0 Å². The zero-order valence-electron chi connectivity index (χ0n) is 17.0. The number of methoxy groups -OCH3 is 1. The molecule has 8 nitrogen and oxygen atoms in total. The molecular weight excluding hydrogens is 438 g/mol. The second-order valence-electron chi connectivity index (χ2n) is 6.97. The van der Waals surface area contributed by atoms with E-state index >= 15 is 0 Å². The van der Waals surface area contributed by atoms with Crippen LogP contribution < -0.4 is 10.1 Å². The summed E-state index contributed by atoms with van der Waals surface area (Å²) in [6, 6.07) is 8.86. The number of hydrogen-bond acceptors (Lipinski definition) is 7. The van der Waals surface area contributed by atoms with Crippen LogP contribution in [0.3, 0.4) is 0 Å². The number of halogens is 1. The zero-order chi connectivity index (χ0) is 21.6. The number of thioether (sulfide) groups is 1. The van der Waals surface area contributed by atoms with Gasteiger partial charge in [0.2, 0.25) is 5.91 Å². The highest BCUT2D eigenvalue weighted by Gasteiger charge is 2.22. The fourth-order valence-corrected chi connectivity index (χ4v) is 4.28. The van der Waals surface area contributed by atoms with Crippen molar-refractivity contribution >= 4 is 35.0 Å². The molecule has 162 valence electrons. The Balaban J connectivity index is 1.49. The normalized spacial score (nSPS) is 15.7. The minimum atomic E-state index is -0.192. The molecule has 3 heterocycles. The van der Waals surface area contributed by atoms with Crippen molar-refractivity contribution in [1.29, 1.82) is 0 Å². The molecule has 0 unspecified atom stereocenters. The fourth-order valence-electron chi connectivity index (χ4n) is 3.36. The lowest BCUT2D eigenvalue weighted by Gasteiger charge is -2.15. The molecule has 0 saturated carbocycles. The molecule has 1 N–H and O–H groups in total. The number of rotatable bonds is 8. The van der Waals surface area contributed by atoms with Gasteiger partial charge < -0.3 is 14.8 Å². The number of hydrogen-bond donors (Lipinski definition) is 1. The summed E-state index contributed by atoms with van der Waals surface area (Å²) in [4.78, 5) is 16.6. The smallest absolute Gasteiger partial charge is 0.234 e. The molecule has 1 aliphatic heterocycles. The maximum Gasteiger partial charge on any atom is 0.234 e. The summed E-state index contributed by atoms with van der Waals surface area (Å²) in [5.74, 6) is 1.25. The van der Waals surface area contributed by atoms with Crippen molar-refractivity contribution in [3.8, 4) is 17.1 Å². The Morgan fingerprint density at radius 3 is 2.90 bits per heavy atom. The van der Waals surface area contributed by atoms with E-state index in [1.54, 1.807) is 37.7 Å². The average Bonchev–Trinajstić information content (AvgIpc) is 3.43. The lowest BCUT2D eigenvalue weighted by Crippen LogP contribution is -2.18. The van der Waals surface area contributed by atoms with Crippen LogP contribution >= 0.6 is 23.4 Å². The number of anilines is 1. The average molecular weight is 460 g/mol. The predicted molar refractivity (Wildman–Crippen MR) is 120 cm³/mol. The molecule has 10 heteroatoms. The maximum atomic E-state index is 12.6. The van der Waals surface area contributed by atoms with Gasteiger partial charge in [-0.05, 0) is 43.2 Å². The van der Waals surface area contributed by atoms with Gasteiger partial charge in [-0.25, -0.2) is 0 Å². The van der Waals surface area contributed by atoms with Crippen molar-refractivity contribution in [3.05, 3.63) is 47.7 Å². The molecule has 0 spiro atoms. The lowest BCUT2D eigenvalue weighted by atomic mass is 10.2. The fraction of sp³-hybridized carbons (Fsp3) is 0.333. The SMILES string of the molecule is COc1ccc(Cl)cc1NC(=O)CSc1nnc(-c2ccncc2)n1C[C@@H]1CCCO1. The Morgan fingerprint density at radius 1 is 1.32 bits per heavy atom. The van der Waals surface area contributed by atoms with Crippen LogP contribution in [0.15, 0.2) is 47.9 Å². The number of nitrogens with zero attached hydrogens (tertiary/aromatic N) is 4. The van der Waals surface area contributed by atoms with E-state index in [-0.39, 0.29) is 17.8 Å². The number of nitrogens with one attached hydrogen (secondary N) is 1. The number of carbonyl (C=O) groups excluding carboxylic acids is 1. The number of aromatic nitrogens is 4. The van der Waals surface area contributed by atoms with E-state index in [9.17, 15) is 4.79 Å². The van der Waals surface area contributed by atoms with Gasteiger partial charge in [0.25, 0.3) is 0 Å². The number of ether oxygens (including phenoxy) is 2. The first kappa shape index (κ1) is 21.6. The van der Waals surface area contributed by atoms with Crippen molar-refractivity contribution in [2.75, 3.05) is 24.8 Å². The maximum absolute atomic E-state index is 12.6. The number of pyridine rings is 1. The molecule has 0 aliphatic carbocycles. The van der Waals surface area contributed by atoms with Crippen molar-refractivity contribution in [1.82, 2.24) is 19.7 Å². The molecule has 0 radical (unpaired) electrons. The van der Waals surface area contributed by atoms with E-state index in [0.717, 1.165) is 30.8 Å². The molecular formula is C21H22ClN5O3S. The van der Waals surface area contributed by atoms with Crippen LogP contribution in [0.1, 0.15) is 12.8 Å². The summed E-state index contributed by atoms with van der Waals surface area (Å²) < 4.78 is 13.1. The van der Waals surface area contributed by atoms with Crippen LogP contribution in [0.4, 0.5) is 5.69 Å². The van der Waals surface area contributed by atoms with Gasteiger partial charge in [0, 0.05) is 29.6 Å². The monoisotopic (exact) mass is 459 g/mol. The molecule has 1 fully saturated rings. The molecule has 1 aliphatic rings. The third-order valence-electron chi connectivity index (χ3n) is 4.83. The predicted octanol–water partition coefficient (Wildman–Crippen LogP) is 3.91. The summed E-state index contributed by atoms with van der Waals surface area (Å²) in [6.07, 6.45) is 5.59. The number of carbonyl (C=O) groups is 1. The summed E-state index contributed by atoms with van der Waals surface area (Å²) >= 11 is 7.37. The van der Waals surface area contributed by atoms with Crippen LogP contribution in [0, 0.1) is 0 Å². The molecule has 1 aromatic carbocycles. The van der Waals surface area contributed by atoms with Gasteiger partial charge in [0.15, 0.2) is 11.0 Å². The van der Waals surface area contributed by atoms with Crippen molar-refractivity contribution in [3.63, 3.8) is 0 Å². The summed E-state index contributed by atoms with van der Waals surface area (Å²) in [7, 11) is 1.54. The molecule has 1 atom stereocenters. The third-order valence-corrected chi connectivity index (χ3v) is 6.04. The van der Waals surface area contributed by atoms with E-state index in [2.05, 4.69) is 20.5 Å². The summed E-state index contributed by atoms with van der Waals surface area (Å²) in [5.41, 5.74) is 1.44. The summed E-state index contributed by atoms with van der Waals surface area (Å²) in [5, 5.41) is 12.7. The third kappa shape index (κ3) is 5.36. The Kier molecular flexibility index (Phi) is 7.06. The molecule has 3 aromatic rings. The minimum absolute atomic E-state index is 0.112. The van der Waals surface area contributed by atoms with Crippen molar-refractivity contribution < 1.29 is 14.3 Å². The topological polar surface area (TPSA) is 91.2 Å². The van der Waals surface area contributed by atoms with Crippen LogP contribution in [0.5, 0.6) is 5.75 Å². The second kappa shape index (κ2) is 10.1. The van der Waals surface area contributed by atoms with Gasteiger partial charge in [0.1, 0.15) is 5.75 Å². The first-order valence-electron chi connectivity index (χ1n) is 9.85. The van der Waals surface area contributed by atoms with Crippen LogP contribution in [0.2, 0.25) is 5.02 Å². The van der Waals surface area contributed by atoms with Gasteiger partial charge in [-0.1, -0.05) is 23.4 Å². The van der Waals surface area contributed by atoms with Crippen LogP contribution in [-0.4, -0.2) is 51.2 Å². The standard InChI is InChI=1S/C21H22ClN5O3S/c1-29-18-5-4-15(22)11-17(18)24-19(28)13-31-21-26-25-20(14-6-8-23-9-7-14)27(21)12-16-3-2-10-30-16/h4-9,11,16H,2-3,10,12-13H2,1H3,(H,24,28)/t16-/m0/s1. The first-order chi connectivity index (χ1) is 15.1. The number of benzene rings is 1. The largest absolute Gasteiger partial charge is 0.495 e. The Morgan fingerprint density at radius 2 is 2.16 bits per heavy atom. The number of amides is 1. The van der Waals surface area contributed by atoms with Crippen LogP contribution in [0.25, 0.3) is 11.4 Å². The van der Waals surface area contributed by atoms with Crippen molar-refractivity contribution in [2.24, 2.45) is 0 Å². The highest BCUT2D eigenvalue weighted by molar-refractivity contribution is 7.99. The van der Waals surface area contributed by atoms with Gasteiger partial charge in [-0.3, -0.25) is 14.3 Å². The molecule has 1 amide bonds. The van der Waals surface area contributed by atoms with E-state index < -0.39 is 0 Å². The Bertz CT molecular complexity index is 1040. The summed E-state index contributed by atoms with van der Waals surface area (Å²) in [6.45, 7) is 1.40. The van der Waals surface area contributed by atoms with E-state index in [1.807, 2.05) is 16.7 Å². The molecule has 4 rings (SSSR count). The molecule has 0 bridgehead atoms. The van der Waals surface area contributed by atoms with E-state index in [0.29, 0.717) is 28.2 Å². The second-order valence-corrected chi connectivity index (χ2v) is 8.35. The van der Waals surface area contributed by atoms with Crippen LogP contribution in [-0.2, 0) is 16.1 Å². The quantitative estimate of drug-likeness (QED) is 0.510. The highest BCUT2D eigenvalue weighted by atomic mass is 35.5. The highest BCUT2D eigenvalue weighted by Crippen LogP contribution is 2.29. The minimum Gasteiger partial charge on any atom is -0.495 e. The Labute approximate surface area is 189 Å². The van der Waals surface area contributed by atoms with E-state index in [1.165, 1.54) is 11.8 Å². The van der Waals surface area contributed by atoms with Gasteiger partial charge in [0.05, 0.1) is 31.2 Å². The lowest BCUT2D eigenvalue weighted by molar-refractivity contribution is -0.113.